The third-order valence-electron chi connectivity index (χ3n) is 5.06. The first-order valence-corrected chi connectivity index (χ1v) is 8.39. The van der Waals surface area contributed by atoms with E-state index in [1.165, 1.54) is 0 Å². The van der Waals surface area contributed by atoms with Crippen molar-refractivity contribution in [2.45, 2.75) is 31.4 Å². The number of hydrogen-bond donors (Lipinski definition) is 1. The zero-order valence-electron chi connectivity index (χ0n) is 14.6. The number of nitrogens with zero attached hydrogens (tertiary/aromatic N) is 4. The van der Waals surface area contributed by atoms with E-state index in [9.17, 15) is 9.90 Å². The third-order valence-corrected chi connectivity index (χ3v) is 5.06. The lowest BCUT2D eigenvalue weighted by atomic mass is 9.90. The van der Waals surface area contributed by atoms with Gasteiger partial charge in [0.05, 0.1) is 11.6 Å². The maximum Gasteiger partial charge on any atom is 0.239 e. The Hall–Kier alpha value is -0.690. The Balaban J connectivity index is 1.84. The van der Waals surface area contributed by atoms with Crippen LogP contribution in [0.4, 0.5) is 0 Å². The fraction of sp³-hybridized carbons (Fsp3) is 0.938. The van der Waals surface area contributed by atoms with E-state index >= 15 is 0 Å². The van der Waals surface area contributed by atoms with Gasteiger partial charge in [-0.3, -0.25) is 9.69 Å². The molecule has 2 fully saturated rings. The van der Waals surface area contributed by atoms with Crippen molar-refractivity contribution in [2.75, 3.05) is 67.0 Å². The molecule has 1 unspecified atom stereocenters. The molecule has 0 aromatic carbocycles. The minimum atomic E-state index is -0.642. The highest BCUT2D eigenvalue weighted by Gasteiger charge is 2.36. The Kier molecular flexibility index (Phi) is 5.82. The lowest BCUT2D eigenvalue weighted by molar-refractivity contribution is -0.141. The summed E-state index contributed by atoms with van der Waals surface area (Å²) in [5.41, 5.74) is -0.642. The van der Waals surface area contributed by atoms with Gasteiger partial charge < -0.3 is 19.8 Å². The van der Waals surface area contributed by atoms with Crippen molar-refractivity contribution in [3.8, 4) is 0 Å². The van der Waals surface area contributed by atoms with Gasteiger partial charge in [0.15, 0.2) is 0 Å². The molecule has 2 saturated heterocycles. The van der Waals surface area contributed by atoms with Gasteiger partial charge in [-0.25, -0.2) is 0 Å². The molecule has 128 valence electrons. The second-order valence-corrected chi connectivity index (χ2v) is 7.30. The first kappa shape index (κ1) is 17.7. The molecule has 1 N–H and O–H groups in total. The molecule has 2 aliphatic heterocycles. The normalized spacial score (nSPS) is 25.5. The lowest BCUT2D eigenvalue weighted by Gasteiger charge is -2.42. The van der Waals surface area contributed by atoms with Gasteiger partial charge in [-0.15, -0.1) is 0 Å². The molecule has 2 aliphatic rings. The van der Waals surface area contributed by atoms with Gasteiger partial charge >= 0.3 is 0 Å². The minimum Gasteiger partial charge on any atom is -0.388 e. The molecular weight excluding hydrogens is 280 g/mol. The van der Waals surface area contributed by atoms with Gasteiger partial charge in [0.25, 0.3) is 0 Å². The van der Waals surface area contributed by atoms with Crippen LogP contribution in [-0.4, -0.2) is 109 Å². The summed E-state index contributed by atoms with van der Waals surface area (Å²) in [6.07, 6.45) is 1.35. The predicted molar refractivity (Wildman–Crippen MR) is 87.8 cm³/mol. The molecule has 6 nitrogen and oxygen atoms in total. The molecule has 0 aromatic heterocycles. The number of aliphatic hydroxyl groups is 1. The van der Waals surface area contributed by atoms with Crippen LogP contribution in [0.3, 0.4) is 0 Å². The molecule has 6 heteroatoms. The van der Waals surface area contributed by atoms with Gasteiger partial charge in [-0.2, -0.15) is 0 Å². The van der Waals surface area contributed by atoms with E-state index in [1.54, 1.807) is 0 Å². The van der Waals surface area contributed by atoms with Crippen molar-refractivity contribution >= 4 is 5.91 Å². The number of carbonyl (C=O) groups excluding carboxylic acids is 1. The van der Waals surface area contributed by atoms with Crippen LogP contribution in [0.2, 0.25) is 0 Å². The number of likely N-dealkylation sites (tertiary alicyclic amines) is 1. The molecule has 22 heavy (non-hydrogen) atoms. The van der Waals surface area contributed by atoms with Crippen LogP contribution in [0.5, 0.6) is 0 Å². The molecule has 0 radical (unpaired) electrons. The number of piperidine rings is 1. The van der Waals surface area contributed by atoms with Crippen molar-refractivity contribution in [1.29, 1.82) is 0 Å². The minimum absolute atomic E-state index is 0.0475. The molecule has 1 amide bonds. The molecule has 1 atom stereocenters. The number of amides is 1. The summed E-state index contributed by atoms with van der Waals surface area (Å²) in [7, 11) is 6.08. The van der Waals surface area contributed by atoms with Crippen molar-refractivity contribution in [1.82, 2.24) is 19.6 Å². The summed E-state index contributed by atoms with van der Waals surface area (Å²) in [5, 5.41) is 10.6. The Labute approximate surface area is 134 Å². The number of rotatable bonds is 4. The van der Waals surface area contributed by atoms with Gasteiger partial charge in [0, 0.05) is 45.8 Å². The summed E-state index contributed by atoms with van der Waals surface area (Å²) >= 11 is 0. The predicted octanol–water partition coefficient (Wildman–Crippen LogP) is -0.463. The average molecular weight is 312 g/mol. The quantitative estimate of drug-likeness (QED) is 0.761. The molecular formula is C16H32N4O2. The number of carbonyl (C=O) groups is 1. The zero-order chi connectivity index (χ0) is 16.3. The van der Waals surface area contributed by atoms with Crippen LogP contribution in [0.1, 0.15) is 19.8 Å². The molecule has 0 bridgehead atoms. The van der Waals surface area contributed by atoms with Crippen LogP contribution >= 0.6 is 0 Å². The van der Waals surface area contributed by atoms with E-state index < -0.39 is 5.60 Å². The third kappa shape index (κ3) is 4.41. The maximum absolute atomic E-state index is 12.7. The Morgan fingerprint density at radius 2 is 1.68 bits per heavy atom. The smallest absolute Gasteiger partial charge is 0.239 e. The second kappa shape index (κ2) is 7.25. The van der Waals surface area contributed by atoms with E-state index in [1.807, 2.05) is 30.8 Å². The van der Waals surface area contributed by atoms with E-state index in [-0.39, 0.29) is 11.9 Å². The summed E-state index contributed by atoms with van der Waals surface area (Å²) in [4.78, 5) is 21.2. The van der Waals surface area contributed by atoms with Crippen LogP contribution < -0.4 is 0 Å². The number of likely N-dealkylation sites (N-methyl/N-ethyl adjacent to an activating group) is 2. The van der Waals surface area contributed by atoms with Gasteiger partial charge in [0.1, 0.15) is 0 Å². The van der Waals surface area contributed by atoms with Crippen molar-refractivity contribution < 1.29 is 9.90 Å². The number of piperazine rings is 1. The van der Waals surface area contributed by atoms with Gasteiger partial charge in [-0.1, -0.05) is 0 Å². The summed E-state index contributed by atoms with van der Waals surface area (Å²) < 4.78 is 0. The van der Waals surface area contributed by atoms with Crippen LogP contribution in [0.25, 0.3) is 0 Å². The highest BCUT2D eigenvalue weighted by Crippen LogP contribution is 2.23. The highest BCUT2D eigenvalue weighted by atomic mass is 16.3. The SMILES string of the molecule is CC(C(=O)N1CCC(O)(CN(C)C)CC1)N1CCN(C)CC1. The Morgan fingerprint density at radius 3 is 2.18 bits per heavy atom. The lowest BCUT2D eigenvalue weighted by Crippen LogP contribution is -2.57. The maximum atomic E-state index is 12.7. The molecule has 0 aliphatic carbocycles. The monoisotopic (exact) mass is 312 g/mol. The number of hydrogen-bond acceptors (Lipinski definition) is 5. The van der Waals surface area contributed by atoms with Gasteiger partial charge in [-0.05, 0) is 40.9 Å². The van der Waals surface area contributed by atoms with E-state index in [0.29, 0.717) is 32.5 Å². The average Bonchev–Trinajstić information content (AvgIpc) is 2.46. The first-order chi connectivity index (χ1) is 10.3. The van der Waals surface area contributed by atoms with E-state index in [2.05, 4.69) is 16.8 Å². The van der Waals surface area contributed by atoms with Crippen LogP contribution in [-0.2, 0) is 4.79 Å². The van der Waals surface area contributed by atoms with Crippen LogP contribution in [0, 0.1) is 0 Å². The highest BCUT2D eigenvalue weighted by molar-refractivity contribution is 5.81. The molecule has 0 spiro atoms. The Bertz CT molecular complexity index is 372. The molecule has 0 saturated carbocycles. The van der Waals surface area contributed by atoms with E-state index in [0.717, 1.165) is 26.2 Å². The fourth-order valence-corrected chi connectivity index (χ4v) is 3.52. The summed E-state index contributed by atoms with van der Waals surface area (Å²) in [6, 6.07) is -0.0475. The molecule has 0 aromatic rings. The fourth-order valence-electron chi connectivity index (χ4n) is 3.52. The Morgan fingerprint density at radius 1 is 1.14 bits per heavy atom. The van der Waals surface area contributed by atoms with Crippen molar-refractivity contribution in [3.63, 3.8) is 0 Å². The van der Waals surface area contributed by atoms with Crippen molar-refractivity contribution in [2.24, 2.45) is 0 Å². The topological polar surface area (TPSA) is 50.3 Å². The van der Waals surface area contributed by atoms with E-state index in [4.69, 9.17) is 0 Å². The standard InChI is InChI=1S/C16H32N4O2/c1-14(19-11-9-18(4)10-12-19)15(21)20-7-5-16(22,6-8-20)13-17(2)3/h14,22H,5-13H2,1-4H3. The molecule has 2 heterocycles. The van der Waals surface area contributed by atoms with Crippen molar-refractivity contribution in [3.05, 3.63) is 0 Å². The van der Waals surface area contributed by atoms with Crippen LogP contribution in [0.15, 0.2) is 0 Å². The zero-order valence-corrected chi connectivity index (χ0v) is 14.6. The second-order valence-electron chi connectivity index (χ2n) is 7.30. The summed E-state index contributed by atoms with van der Waals surface area (Å²) in [6.45, 7) is 8.00. The largest absolute Gasteiger partial charge is 0.388 e. The van der Waals surface area contributed by atoms with Gasteiger partial charge in [0.2, 0.25) is 5.91 Å². The first-order valence-electron chi connectivity index (χ1n) is 8.39. The summed E-state index contributed by atoms with van der Waals surface area (Å²) in [5.74, 6) is 0.219. The molecule has 2 rings (SSSR count).